The van der Waals surface area contributed by atoms with Crippen molar-refractivity contribution in [2.24, 2.45) is 0 Å². The first-order chi connectivity index (χ1) is 24.9. The molecule has 4 unspecified atom stereocenters. The number of aliphatic hydroxyl groups is 5. The van der Waals surface area contributed by atoms with Gasteiger partial charge in [-0.1, -0.05) is 29.8 Å². The molecule has 2 amide bonds. The number of urea groups is 1. The van der Waals surface area contributed by atoms with E-state index in [1.54, 1.807) is 6.20 Å². The Balaban J connectivity index is 1.07. The Kier molecular flexibility index (Phi) is 13.8. The molecular formula is C35H45ClN4O11S. The molecular weight excluding hydrogens is 720 g/mol. The summed E-state index contributed by atoms with van der Waals surface area (Å²) in [6, 6.07) is 13.6. The third-order valence-corrected chi connectivity index (χ3v) is 10.5. The van der Waals surface area contributed by atoms with E-state index in [0.29, 0.717) is 10.6 Å². The maximum absolute atomic E-state index is 13.1. The molecule has 2 aliphatic carbocycles. The summed E-state index contributed by atoms with van der Waals surface area (Å²) in [6.45, 7) is -1.13. The molecule has 15 nitrogen and oxygen atoms in total. The van der Waals surface area contributed by atoms with Gasteiger partial charge in [-0.3, -0.25) is 4.98 Å². The van der Waals surface area contributed by atoms with Crippen LogP contribution in [0.1, 0.15) is 36.8 Å². The van der Waals surface area contributed by atoms with Crippen LogP contribution in [-0.2, 0) is 31.7 Å². The van der Waals surface area contributed by atoms with Gasteiger partial charge in [-0.25, -0.2) is 17.9 Å². The lowest BCUT2D eigenvalue weighted by molar-refractivity contribution is -0.113. The van der Waals surface area contributed by atoms with Crippen molar-refractivity contribution >= 4 is 27.7 Å². The van der Waals surface area contributed by atoms with E-state index in [2.05, 4.69) is 20.3 Å². The first-order valence-corrected chi connectivity index (χ1v) is 18.9. The highest BCUT2D eigenvalue weighted by atomic mass is 35.5. The Morgan fingerprint density at radius 3 is 2.42 bits per heavy atom. The van der Waals surface area contributed by atoms with Crippen molar-refractivity contribution in [1.29, 1.82) is 0 Å². The quantitative estimate of drug-likeness (QED) is 0.0716. The number of nitrogens with one attached hydrogen (secondary N) is 3. The van der Waals surface area contributed by atoms with Gasteiger partial charge in [-0.05, 0) is 67.1 Å². The topological polar surface area (TPSA) is 229 Å². The van der Waals surface area contributed by atoms with Crippen LogP contribution < -0.4 is 20.1 Å². The number of carbonyl (C=O) groups is 1. The van der Waals surface area contributed by atoms with Crippen molar-refractivity contribution in [3.8, 4) is 16.9 Å². The fourth-order valence-corrected chi connectivity index (χ4v) is 6.65. The molecule has 2 aliphatic rings. The lowest BCUT2D eigenvalue weighted by atomic mass is 9.96. The van der Waals surface area contributed by atoms with Gasteiger partial charge in [0.05, 0.1) is 49.1 Å². The first kappa shape index (κ1) is 39.8. The fourth-order valence-electron chi connectivity index (χ4n) is 5.41. The van der Waals surface area contributed by atoms with Crippen LogP contribution in [0.15, 0.2) is 65.8 Å². The summed E-state index contributed by atoms with van der Waals surface area (Å²) in [4.78, 5) is 16.3. The third kappa shape index (κ3) is 10.6. The van der Waals surface area contributed by atoms with Crippen LogP contribution in [-0.4, -0.2) is 115 Å². The molecule has 4 atom stereocenters. The summed E-state index contributed by atoms with van der Waals surface area (Å²) in [5, 5.41) is 52.6. The Morgan fingerprint density at radius 1 is 0.962 bits per heavy atom. The summed E-state index contributed by atoms with van der Waals surface area (Å²) in [5.41, 5.74) is 2.79. The minimum Gasteiger partial charge on any atom is -0.490 e. The lowest BCUT2D eigenvalue weighted by Crippen LogP contribution is -2.50. The fraction of sp³-hybridized carbons (Fsp3) is 0.486. The van der Waals surface area contributed by atoms with Crippen LogP contribution in [0, 0.1) is 0 Å². The van der Waals surface area contributed by atoms with Crippen molar-refractivity contribution in [3.63, 3.8) is 0 Å². The number of carbonyl (C=O) groups excluding carboxylic acids is 1. The number of benzene rings is 2. The predicted octanol–water partition coefficient (Wildman–Crippen LogP) is 1.18. The van der Waals surface area contributed by atoms with Gasteiger partial charge in [0.15, 0.2) is 0 Å². The van der Waals surface area contributed by atoms with Gasteiger partial charge in [0.25, 0.3) is 0 Å². The van der Waals surface area contributed by atoms with Gasteiger partial charge in [-0.2, -0.15) is 0 Å². The standard InChI is InChI=1S/C35H45ClN4O11S/c36-28-8-7-24(52(47,48)40-14-16-49-15-13-38-34(46)39-19-29(42)32(44)33(45)30(43)20-41)17-22(28)21-50-35(10-11-35)27-18-37-12-9-25(27)26-3-1-2-4-31(26)51-23-5-6-23/h1-4,7-9,12,17-18,23,29-30,32-33,40-45H,5-6,10-11,13-16,19-21H2,(H2,38,39,46). The van der Waals surface area contributed by atoms with Crippen molar-refractivity contribution in [1.82, 2.24) is 20.3 Å². The van der Waals surface area contributed by atoms with Gasteiger partial charge < -0.3 is 50.4 Å². The summed E-state index contributed by atoms with van der Waals surface area (Å²) < 4.78 is 46.7. The largest absolute Gasteiger partial charge is 0.490 e. The average molecular weight is 765 g/mol. The first-order valence-electron chi connectivity index (χ1n) is 17.0. The van der Waals surface area contributed by atoms with E-state index < -0.39 is 59.2 Å². The molecule has 0 saturated heterocycles. The molecule has 17 heteroatoms. The van der Waals surface area contributed by atoms with E-state index in [0.717, 1.165) is 48.1 Å². The van der Waals surface area contributed by atoms with E-state index in [1.807, 2.05) is 36.5 Å². The zero-order valence-corrected chi connectivity index (χ0v) is 29.9. The molecule has 1 aromatic heterocycles. The van der Waals surface area contributed by atoms with Crippen molar-refractivity contribution in [2.45, 2.75) is 73.3 Å². The second-order valence-corrected chi connectivity index (χ2v) is 14.9. The van der Waals surface area contributed by atoms with Crippen LogP contribution in [0.3, 0.4) is 0 Å². The van der Waals surface area contributed by atoms with Crippen LogP contribution >= 0.6 is 11.6 Å². The molecule has 0 bridgehead atoms. The van der Waals surface area contributed by atoms with E-state index in [-0.39, 0.29) is 43.9 Å². The highest BCUT2D eigenvalue weighted by molar-refractivity contribution is 7.89. The molecule has 3 aromatic rings. The van der Waals surface area contributed by atoms with Crippen molar-refractivity contribution in [3.05, 3.63) is 77.1 Å². The second kappa shape index (κ2) is 18.1. The zero-order chi connectivity index (χ0) is 37.3. The van der Waals surface area contributed by atoms with Crippen LogP contribution in [0.25, 0.3) is 11.1 Å². The van der Waals surface area contributed by atoms with Crippen molar-refractivity contribution in [2.75, 3.05) is 39.5 Å². The molecule has 2 aromatic carbocycles. The number of amides is 2. The number of nitrogens with zero attached hydrogens (tertiary/aromatic N) is 1. The average Bonchev–Trinajstić information content (AvgIpc) is 4.10. The Labute approximate surface area is 307 Å². The van der Waals surface area contributed by atoms with Gasteiger partial charge in [0.1, 0.15) is 24.1 Å². The number of aromatic nitrogens is 1. The number of hydrogen-bond acceptors (Lipinski definition) is 12. The molecule has 8 N–H and O–H groups in total. The molecule has 0 aliphatic heterocycles. The molecule has 5 rings (SSSR count). The summed E-state index contributed by atoms with van der Waals surface area (Å²) >= 11 is 6.49. The van der Waals surface area contributed by atoms with Crippen LogP contribution in [0.2, 0.25) is 5.02 Å². The van der Waals surface area contributed by atoms with Crippen molar-refractivity contribution < 1.29 is 53.0 Å². The molecule has 0 spiro atoms. The highest BCUT2D eigenvalue weighted by Gasteiger charge is 2.48. The zero-order valence-electron chi connectivity index (χ0n) is 28.4. The monoisotopic (exact) mass is 764 g/mol. The number of hydrogen-bond donors (Lipinski definition) is 8. The minimum absolute atomic E-state index is 0.00680. The second-order valence-electron chi connectivity index (χ2n) is 12.7. The number of aliphatic hydroxyl groups excluding tert-OH is 5. The number of rotatable bonds is 21. The Hall–Kier alpha value is -3.42. The van der Waals surface area contributed by atoms with Gasteiger partial charge in [0, 0.05) is 48.2 Å². The van der Waals surface area contributed by atoms with E-state index >= 15 is 0 Å². The van der Waals surface area contributed by atoms with E-state index in [1.165, 1.54) is 18.2 Å². The van der Waals surface area contributed by atoms with Gasteiger partial charge in [0.2, 0.25) is 10.0 Å². The third-order valence-electron chi connectivity index (χ3n) is 8.71. The van der Waals surface area contributed by atoms with E-state index in [9.17, 15) is 33.6 Å². The van der Waals surface area contributed by atoms with Crippen LogP contribution in [0.5, 0.6) is 5.75 Å². The molecule has 52 heavy (non-hydrogen) atoms. The van der Waals surface area contributed by atoms with E-state index in [4.69, 9.17) is 30.9 Å². The van der Waals surface area contributed by atoms with Crippen LogP contribution in [0.4, 0.5) is 4.79 Å². The molecule has 2 fully saturated rings. The summed E-state index contributed by atoms with van der Waals surface area (Å²) in [5.74, 6) is 0.818. The smallest absolute Gasteiger partial charge is 0.314 e. The number of sulfonamides is 1. The number of ether oxygens (including phenoxy) is 3. The molecule has 1 heterocycles. The number of para-hydroxylation sites is 1. The lowest BCUT2D eigenvalue weighted by Gasteiger charge is -2.25. The number of pyridine rings is 1. The summed E-state index contributed by atoms with van der Waals surface area (Å²) in [6.07, 6.45) is 0.560. The Bertz CT molecular complexity index is 1760. The SMILES string of the molecule is O=C(NCCOCCNS(=O)(=O)c1ccc(Cl)c(COC2(c3cnccc3-c3ccccc3OC3CC3)CC2)c1)NCC(O)C(O)C(O)C(O)CO. The maximum atomic E-state index is 13.1. The molecule has 2 saturated carbocycles. The highest BCUT2D eigenvalue weighted by Crippen LogP contribution is 2.53. The Morgan fingerprint density at radius 2 is 1.69 bits per heavy atom. The maximum Gasteiger partial charge on any atom is 0.314 e. The minimum atomic E-state index is -3.92. The molecule has 284 valence electrons. The predicted molar refractivity (Wildman–Crippen MR) is 189 cm³/mol. The number of halogens is 1. The normalized spacial score (nSPS) is 17.5. The van der Waals surface area contributed by atoms with Gasteiger partial charge in [-0.15, -0.1) is 0 Å². The molecule has 0 radical (unpaired) electrons. The van der Waals surface area contributed by atoms with Gasteiger partial charge >= 0.3 is 6.03 Å². The summed E-state index contributed by atoms with van der Waals surface area (Å²) in [7, 11) is -3.92.